The Morgan fingerprint density at radius 2 is 1.90 bits per heavy atom. The molecule has 0 radical (unpaired) electrons. The fraction of sp³-hybridized carbons (Fsp3) is 0.474. The summed E-state index contributed by atoms with van der Waals surface area (Å²) >= 11 is 6.97. The molecule has 12 heteroatoms. The molecule has 0 unspecified atom stereocenters. The number of carbonyl (C=O) groups excluding carboxylic acids is 1. The second-order valence-electron chi connectivity index (χ2n) is 7.09. The summed E-state index contributed by atoms with van der Waals surface area (Å²) in [4.78, 5) is 20.7. The van der Waals surface area contributed by atoms with E-state index < -0.39 is 16.1 Å². The maximum Gasteiger partial charge on any atom is 0.328 e. The number of anilines is 3. The molecular weight excluding hydrogens is 462 g/mol. The second-order valence-corrected chi connectivity index (χ2v) is 10.8. The van der Waals surface area contributed by atoms with Crippen molar-refractivity contribution in [3.8, 4) is 0 Å². The van der Waals surface area contributed by atoms with E-state index in [0.717, 1.165) is 34.4 Å². The van der Waals surface area contributed by atoms with Gasteiger partial charge in [-0.15, -0.1) is 0 Å². The van der Waals surface area contributed by atoms with Crippen molar-refractivity contribution in [1.29, 1.82) is 0 Å². The van der Waals surface area contributed by atoms with Gasteiger partial charge in [0.1, 0.15) is 0 Å². The fourth-order valence-corrected chi connectivity index (χ4v) is 5.93. The normalized spacial score (nSPS) is 14.7. The van der Waals surface area contributed by atoms with Crippen LogP contribution in [0.2, 0.25) is 5.15 Å². The number of carbonyl (C=O) groups is 1. The van der Waals surface area contributed by atoms with Crippen molar-refractivity contribution in [2.75, 3.05) is 62.1 Å². The van der Waals surface area contributed by atoms with Gasteiger partial charge in [0, 0.05) is 45.1 Å². The van der Waals surface area contributed by atoms with Crippen molar-refractivity contribution >= 4 is 55.5 Å². The average molecular weight is 488 g/mol. The van der Waals surface area contributed by atoms with Crippen LogP contribution in [0.1, 0.15) is 13.3 Å². The van der Waals surface area contributed by atoms with E-state index in [4.69, 9.17) is 16.3 Å². The smallest absolute Gasteiger partial charge is 0.328 e. The van der Waals surface area contributed by atoms with Crippen molar-refractivity contribution in [3.63, 3.8) is 0 Å². The number of amides is 2. The number of nitrogens with one attached hydrogen (secondary N) is 1. The Morgan fingerprint density at radius 3 is 2.48 bits per heavy atom. The Morgan fingerprint density at radius 1 is 1.26 bits per heavy atom. The van der Waals surface area contributed by atoms with Gasteiger partial charge in [0.15, 0.2) is 14.5 Å². The van der Waals surface area contributed by atoms with E-state index in [1.54, 1.807) is 0 Å². The molecule has 1 N–H and O–H groups in total. The number of benzene rings is 1. The molecule has 0 aliphatic carbocycles. The molecule has 2 aromatic rings. The number of morpholine rings is 1. The molecule has 9 nitrogen and oxygen atoms in total. The molecule has 2 heterocycles. The molecule has 1 aliphatic rings. The number of sulfonamides is 1. The van der Waals surface area contributed by atoms with E-state index >= 15 is 0 Å². The number of hydrogen-bond acceptors (Lipinski definition) is 7. The Bertz CT molecular complexity index is 1000. The van der Waals surface area contributed by atoms with Crippen LogP contribution in [-0.2, 0) is 14.8 Å². The lowest BCUT2D eigenvalue weighted by Crippen LogP contribution is -2.36. The second kappa shape index (κ2) is 10.1. The molecule has 31 heavy (non-hydrogen) atoms. The van der Waals surface area contributed by atoms with Gasteiger partial charge >= 0.3 is 6.03 Å². The molecule has 0 bridgehead atoms. The number of halogens is 1. The van der Waals surface area contributed by atoms with Crippen molar-refractivity contribution in [3.05, 3.63) is 29.4 Å². The molecule has 0 saturated carbocycles. The van der Waals surface area contributed by atoms with E-state index in [0.29, 0.717) is 31.9 Å². The Hall–Kier alpha value is -1.92. The molecule has 1 fully saturated rings. The highest BCUT2D eigenvalue weighted by atomic mass is 35.5. The number of rotatable bonds is 7. The highest BCUT2D eigenvalue weighted by Crippen LogP contribution is 2.35. The van der Waals surface area contributed by atoms with Gasteiger partial charge in [0.25, 0.3) is 10.0 Å². The van der Waals surface area contributed by atoms with E-state index in [-0.39, 0.29) is 14.5 Å². The number of urea groups is 1. The number of ether oxygens (including phenoxy) is 1. The molecule has 1 aromatic carbocycles. The van der Waals surface area contributed by atoms with Gasteiger partial charge in [-0.25, -0.2) is 22.5 Å². The quantitative estimate of drug-likeness (QED) is 0.643. The lowest BCUT2D eigenvalue weighted by Gasteiger charge is -2.29. The molecule has 0 atom stereocenters. The van der Waals surface area contributed by atoms with Crippen LogP contribution in [0.5, 0.6) is 0 Å². The first-order valence-electron chi connectivity index (χ1n) is 9.84. The van der Waals surface area contributed by atoms with Gasteiger partial charge in [-0.05, 0) is 30.7 Å². The van der Waals surface area contributed by atoms with E-state index in [1.165, 1.54) is 19.0 Å². The lowest BCUT2D eigenvalue weighted by molar-refractivity contribution is 0.122. The first-order valence-corrected chi connectivity index (χ1v) is 12.5. The first-order chi connectivity index (χ1) is 14.7. The highest BCUT2D eigenvalue weighted by molar-refractivity contribution is 7.91. The number of nitrogens with zero attached hydrogens (tertiary/aromatic N) is 4. The maximum atomic E-state index is 12.9. The topological polar surface area (TPSA) is 95.1 Å². The van der Waals surface area contributed by atoms with E-state index in [1.807, 2.05) is 31.2 Å². The van der Waals surface area contributed by atoms with Crippen LogP contribution in [-0.4, -0.2) is 70.7 Å². The molecule has 170 valence electrons. The van der Waals surface area contributed by atoms with Crippen molar-refractivity contribution in [1.82, 2.24) is 9.29 Å². The number of hydrogen-bond donors (Lipinski definition) is 1. The summed E-state index contributed by atoms with van der Waals surface area (Å²) in [6.07, 6.45) is 0.663. The maximum absolute atomic E-state index is 12.9. The standard InChI is InChI=1S/C19H26ClN5O4S2/c1-4-9-25(19-22-16(20)17(30-19)31(27,28)23(2)3)18(26)21-14-5-7-15(8-6-14)24-10-12-29-13-11-24/h5-8H,4,9-13H2,1-3H3,(H,21,26). The largest absolute Gasteiger partial charge is 0.378 e. The molecule has 2 amide bonds. The van der Waals surface area contributed by atoms with Crippen LogP contribution in [0.3, 0.4) is 0 Å². The molecular formula is C19H26ClN5O4S2. The van der Waals surface area contributed by atoms with Crippen LogP contribution < -0.4 is 15.1 Å². The summed E-state index contributed by atoms with van der Waals surface area (Å²) < 4.78 is 31.3. The van der Waals surface area contributed by atoms with Crippen LogP contribution in [0.25, 0.3) is 0 Å². The summed E-state index contributed by atoms with van der Waals surface area (Å²) in [5, 5.41) is 2.94. The zero-order chi connectivity index (χ0) is 22.6. The van der Waals surface area contributed by atoms with Crippen molar-refractivity contribution in [2.24, 2.45) is 0 Å². The molecule has 1 aliphatic heterocycles. The summed E-state index contributed by atoms with van der Waals surface area (Å²) in [6.45, 7) is 5.35. The Kier molecular flexibility index (Phi) is 7.76. The third kappa shape index (κ3) is 5.47. The van der Waals surface area contributed by atoms with Crippen molar-refractivity contribution < 1.29 is 17.9 Å². The van der Waals surface area contributed by atoms with Crippen LogP contribution in [0, 0.1) is 0 Å². The van der Waals surface area contributed by atoms with E-state index in [2.05, 4.69) is 15.2 Å². The SMILES string of the molecule is CCCN(C(=O)Nc1ccc(N2CCOCC2)cc1)c1nc(Cl)c(S(=O)(=O)N(C)C)s1. The average Bonchev–Trinajstić information content (AvgIpc) is 3.15. The molecule has 3 rings (SSSR count). The zero-order valence-electron chi connectivity index (χ0n) is 17.7. The van der Waals surface area contributed by atoms with Gasteiger partial charge in [-0.2, -0.15) is 0 Å². The zero-order valence-corrected chi connectivity index (χ0v) is 20.1. The van der Waals surface area contributed by atoms with Gasteiger partial charge in [0.05, 0.1) is 13.2 Å². The van der Waals surface area contributed by atoms with Gasteiger partial charge in [-0.1, -0.05) is 29.9 Å². The van der Waals surface area contributed by atoms with E-state index in [9.17, 15) is 13.2 Å². The summed E-state index contributed by atoms with van der Waals surface area (Å²) in [5.41, 5.74) is 1.70. The third-order valence-corrected chi connectivity index (χ3v) is 8.56. The molecule has 1 aromatic heterocycles. The van der Waals surface area contributed by atoms with Crippen LogP contribution in [0.15, 0.2) is 28.5 Å². The predicted molar refractivity (Wildman–Crippen MR) is 124 cm³/mol. The monoisotopic (exact) mass is 487 g/mol. The Balaban J connectivity index is 1.77. The lowest BCUT2D eigenvalue weighted by atomic mass is 10.2. The summed E-state index contributed by atoms with van der Waals surface area (Å²) in [5.74, 6) is 0. The van der Waals surface area contributed by atoms with Crippen LogP contribution >= 0.6 is 22.9 Å². The third-order valence-electron chi connectivity index (χ3n) is 4.68. The van der Waals surface area contributed by atoms with Gasteiger partial charge in [0.2, 0.25) is 0 Å². The van der Waals surface area contributed by atoms with Gasteiger partial charge in [-0.3, -0.25) is 4.90 Å². The number of aromatic nitrogens is 1. The fourth-order valence-electron chi connectivity index (χ4n) is 2.99. The minimum Gasteiger partial charge on any atom is -0.378 e. The molecule has 1 saturated heterocycles. The minimum atomic E-state index is -3.75. The highest BCUT2D eigenvalue weighted by Gasteiger charge is 2.29. The van der Waals surface area contributed by atoms with Crippen molar-refractivity contribution in [2.45, 2.75) is 17.6 Å². The van der Waals surface area contributed by atoms with Crippen LogP contribution in [0.4, 0.5) is 21.3 Å². The summed E-state index contributed by atoms with van der Waals surface area (Å²) in [6, 6.07) is 7.17. The molecule has 0 spiro atoms. The Labute approximate surface area is 191 Å². The number of thiazole rings is 1. The minimum absolute atomic E-state index is 0.0852. The predicted octanol–water partition coefficient (Wildman–Crippen LogP) is 3.33. The van der Waals surface area contributed by atoms with Gasteiger partial charge < -0.3 is 15.0 Å². The summed E-state index contributed by atoms with van der Waals surface area (Å²) in [7, 11) is -0.912. The first kappa shape index (κ1) is 23.7.